The number of aromatic nitrogens is 2. The second-order valence-corrected chi connectivity index (χ2v) is 4.75. The van der Waals surface area contributed by atoms with Crippen molar-refractivity contribution in [1.29, 1.82) is 0 Å². The highest BCUT2D eigenvalue weighted by molar-refractivity contribution is 5.93. The number of nitrogens with zero attached hydrogens (tertiary/aromatic N) is 3. The Morgan fingerprint density at radius 3 is 2.75 bits per heavy atom. The summed E-state index contributed by atoms with van der Waals surface area (Å²) in [5, 5.41) is 17.1. The molecule has 1 aromatic carbocycles. The average Bonchev–Trinajstić information content (AvgIpc) is 3.06. The van der Waals surface area contributed by atoms with Crippen LogP contribution in [0.4, 0.5) is 6.01 Å². The van der Waals surface area contributed by atoms with Gasteiger partial charge in [-0.25, -0.2) is 0 Å². The molecule has 1 saturated heterocycles. The van der Waals surface area contributed by atoms with Gasteiger partial charge in [0, 0.05) is 18.5 Å². The van der Waals surface area contributed by atoms with Crippen LogP contribution in [0.1, 0.15) is 6.42 Å². The van der Waals surface area contributed by atoms with Gasteiger partial charge in [-0.3, -0.25) is 9.69 Å². The molecule has 3 rings (SSSR count). The van der Waals surface area contributed by atoms with Gasteiger partial charge in [0.1, 0.15) is 5.75 Å². The molecule has 7 heteroatoms. The molecule has 3 N–H and O–H groups in total. The smallest absolute Gasteiger partial charge is 0.325 e. The van der Waals surface area contributed by atoms with Crippen molar-refractivity contribution in [2.45, 2.75) is 6.42 Å². The van der Waals surface area contributed by atoms with E-state index in [1.54, 1.807) is 12.1 Å². The molecular formula is C13H14N4O3. The van der Waals surface area contributed by atoms with Crippen LogP contribution in [0.15, 0.2) is 28.7 Å². The number of carbonyl (C=O) groups is 1. The third-order valence-electron chi connectivity index (χ3n) is 3.30. The minimum atomic E-state index is -0.0543. The van der Waals surface area contributed by atoms with Crippen LogP contribution in [0.2, 0.25) is 0 Å². The summed E-state index contributed by atoms with van der Waals surface area (Å²) in [6.45, 7) is 0.966. The molecule has 104 valence electrons. The Labute approximate surface area is 115 Å². The largest absolute Gasteiger partial charge is 0.508 e. The lowest BCUT2D eigenvalue weighted by Gasteiger charge is -2.09. The Bertz CT molecular complexity index is 623. The van der Waals surface area contributed by atoms with Crippen LogP contribution >= 0.6 is 0 Å². The lowest BCUT2D eigenvalue weighted by molar-refractivity contribution is -0.117. The van der Waals surface area contributed by atoms with Gasteiger partial charge in [0.2, 0.25) is 11.8 Å². The maximum absolute atomic E-state index is 11.8. The molecule has 0 radical (unpaired) electrons. The van der Waals surface area contributed by atoms with E-state index in [0.29, 0.717) is 31.0 Å². The van der Waals surface area contributed by atoms with E-state index in [2.05, 4.69) is 10.2 Å². The van der Waals surface area contributed by atoms with E-state index in [1.807, 2.05) is 0 Å². The van der Waals surface area contributed by atoms with Crippen LogP contribution in [0, 0.1) is 5.92 Å². The highest BCUT2D eigenvalue weighted by Gasteiger charge is 2.33. The first-order chi connectivity index (χ1) is 9.67. The van der Waals surface area contributed by atoms with Gasteiger partial charge >= 0.3 is 6.01 Å². The molecule has 2 aromatic rings. The SMILES string of the molecule is NCC1CC(=O)N(c2nnc(-c3ccc(O)cc3)o2)C1. The zero-order valence-electron chi connectivity index (χ0n) is 10.7. The topological polar surface area (TPSA) is 105 Å². The first-order valence-electron chi connectivity index (χ1n) is 6.30. The fourth-order valence-corrected chi connectivity index (χ4v) is 2.17. The van der Waals surface area contributed by atoms with E-state index >= 15 is 0 Å². The molecule has 2 heterocycles. The highest BCUT2D eigenvalue weighted by atomic mass is 16.4. The molecule has 1 unspecified atom stereocenters. The normalized spacial score (nSPS) is 18.8. The zero-order chi connectivity index (χ0) is 14.1. The number of benzene rings is 1. The zero-order valence-corrected chi connectivity index (χ0v) is 10.7. The molecule has 1 fully saturated rings. The molecular weight excluding hydrogens is 260 g/mol. The Balaban J connectivity index is 1.83. The molecule has 1 aromatic heterocycles. The van der Waals surface area contributed by atoms with Crippen LogP contribution in [-0.2, 0) is 4.79 Å². The van der Waals surface area contributed by atoms with Gasteiger partial charge in [0.15, 0.2) is 0 Å². The number of carbonyl (C=O) groups excluding carboxylic acids is 1. The molecule has 7 nitrogen and oxygen atoms in total. The van der Waals surface area contributed by atoms with Gasteiger partial charge in [-0.2, -0.15) is 0 Å². The summed E-state index contributed by atoms with van der Waals surface area (Å²) in [6.07, 6.45) is 0.410. The van der Waals surface area contributed by atoms with Gasteiger partial charge in [-0.1, -0.05) is 5.10 Å². The van der Waals surface area contributed by atoms with Crippen LogP contribution in [-0.4, -0.2) is 34.3 Å². The molecule has 1 atom stereocenters. The van der Waals surface area contributed by atoms with Crippen molar-refractivity contribution in [2.24, 2.45) is 11.7 Å². The minimum absolute atomic E-state index is 0.0543. The van der Waals surface area contributed by atoms with E-state index in [4.69, 9.17) is 10.2 Å². The molecule has 20 heavy (non-hydrogen) atoms. The van der Waals surface area contributed by atoms with E-state index in [1.165, 1.54) is 17.0 Å². The standard InChI is InChI=1S/C13H14N4O3/c14-6-8-5-11(19)17(7-8)13-16-15-12(20-13)9-1-3-10(18)4-2-9/h1-4,8,18H,5-7,14H2. The first kappa shape index (κ1) is 12.6. The van der Waals surface area contributed by atoms with Crippen molar-refractivity contribution in [3.8, 4) is 17.2 Å². The second-order valence-electron chi connectivity index (χ2n) is 4.75. The molecule has 1 amide bonds. The monoisotopic (exact) mass is 274 g/mol. The third-order valence-corrected chi connectivity index (χ3v) is 3.30. The maximum atomic E-state index is 11.8. The van der Waals surface area contributed by atoms with E-state index in [0.717, 1.165) is 0 Å². The number of phenols is 1. The lowest BCUT2D eigenvalue weighted by atomic mass is 10.1. The molecule has 1 aliphatic heterocycles. The molecule has 0 aliphatic carbocycles. The summed E-state index contributed by atoms with van der Waals surface area (Å²) in [6, 6.07) is 6.59. The number of hydrogen-bond donors (Lipinski definition) is 2. The molecule has 0 spiro atoms. The predicted octanol–water partition coefficient (Wildman–Crippen LogP) is 0.754. The van der Waals surface area contributed by atoms with Crippen molar-refractivity contribution in [3.05, 3.63) is 24.3 Å². The number of phenolic OH excluding ortho intramolecular Hbond substituents is 1. The lowest BCUT2D eigenvalue weighted by Crippen LogP contribution is -2.26. The van der Waals surface area contributed by atoms with Gasteiger partial charge < -0.3 is 15.3 Å². The number of nitrogens with two attached hydrogens (primary N) is 1. The van der Waals surface area contributed by atoms with Crippen molar-refractivity contribution in [2.75, 3.05) is 18.0 Å². The van der Waals surface area contributed by atoms with Crippen molar-refractivity contribution >= 4 is 11.9 Å². The van der Waals surface area contributed by atoms with Gasteiger partial charge in [0.25, 0.3) is 0 Å². The maximum Gasteiger partial charge on any atom is 0.325 e. The van der Waals surface area contributed by atoms with Gasteiger partial charge in [0.05, 0.1) is 0 Å². The van der Waals surface area contributed by atoms with Gasteiger partial charge in [-0.05, 0) is 36.7 Å². The van der Waals surface area contributed by atoms with Crippen LogP contribution < -0.4 is 10.6 Å². The summed E-state index contributed by atoms with van der Waals surface area (Å²) in [7, 11) is 0. The van der Waals surface area contributed by atoms with Crippen molar-refractivity contribution in [3.63, 3.8) is 0 Å². The quantitative estimate of drug-likeness (QED) is 0.855. The fraction of sp³-hybridized carbons (Fsp3) is 0.308. The minimum Gasteiger partial charge on any atom is -0.508 e. The first-order valence-corrected chi connectivity index (χ1v) is 6.30. The number of amides is 1. The molecule has 1 aliphatic rings. The molecule has 0 saturated carbocycles. The van der Waals surface area contributed by atoms with E-state index in [9.17, 15) is 9.90 Å². The number of hydrogen-bond acceptors (Lipinski definition) is 6. The summed E-state index contributed by atoms with van der Waals surface area (Å²) in [5.74, 6) is 0.547. The highest BCUT2D eigenvalue weighted by Crippen LogP contribution is 2.27. The van der Waals surface area contributed by atoms with E-state index < -0.39 is 0 Å². The summed E-state index contributed by atoms with van der Waals surface area (Å²) in [4.78, 5) is 13.3. The predicted molar refractivity (Wildman–Crippen MR) is 70.9 cm³/mol. The van der Waals surface area contributed by atoms with Crippen LogP contribution in [0.3, 0.4) is 0 Å². The van der Waals surface area contributed by atoms with Crippen LogP contribution in [0.25, 0.3) is 11.5 Å². The Kier molecular flexibility index (Phi) is 3.11. The second kappa shape index (κ2) is 4.93. The Hall–Kier alpha value is -2.41. The Morgan fingerprint density at radius 2 is 2.10 bits per heavy atom. The third kappa shape index (κ3) is 2.23. The molecule has 0 bridgehead atoms. The van der Waals surface area contributed by atoms with Gasteiger partial charge in [-0.15, -0.1) is 5.10 Å². The Morgan fingerprint density at radius 1 is 1.35 bits per heavy atom. The fourth-order valence-electron chi connectivity index (χ4n) is 2.17. The number of rotatable bonds is 3. The van der Waals surface area contributed by atoms with Crippen LogP contribution in [0.5, 0.6) is 5.75 Å². The van der Waals surface area contributed by atoms with Crippen molar-refractivity contribution < 1.29 is 14.3 Å². The number of anilines is 1. The summed E-state index contributed by atoms with van der Waals surface area (Å²) < 4.78 is 5.52. The number of aromatic hydroxyl groups is 1. The summed E-state index contributed by atoms with van der Waals surface area (Å²) in [5.41, 5.74) is 6.26. The van der Waals surface area contributed by atoms with E-state index in [-0.39, 0.29) is 23.6 Å². The summed E-state index contributed by atoms with van der Waals surface area (Å²) >= 11 is 0. The average molecular weight is 274 g/mol. The van der Waals surface area contributed by atoms with Crippen molar-refractivity contribution in [1.82, 2.24) is 10.2 Å².